The number of hydrogen-bond donors (Lipinski definition) is 5. The van der Waals surface area contributed by atoms with Crippen molar-refractivity contribution in [3.8, 4) is 28.2 Å². The molecule has 304 valence electrons. The number of aliphatic hydroxyl groups excluding tert-OH is 3. The van der Waals surface area contributed by atoms with Gasteiger partial charge in [0.25, 0.3) is 0 Å². The maximum atomic E-state index is 11.2. The zero-order valence-corrected chi connectivity index (χ0v) is 34.7. The van der Waals surface area contributed by atoms with Crippen molar-refractivity contribution >= 4 is 51.7 Å². The van der Waals surface area contributed by atoms with Gasteiger partial charge in [0.2, 0.25) is 5.36 Å². The lowest BCUT2D eigenvalue weighted by molar-refractivity contribution is -0.109. The molecule has 0 aromatic heterocycles. The van der Waals surface area contributed by atoms with Crippen LogP contribution in [0.1, 0.15) is 46.6 Å². The maximum absolute atomic E-state index is 11.2. The zero-order chi connectivity index (χ0) is 40.9. The topological polar surface area (TPSA) is 150 Å². The van der Waals surface area contributed by atoms with Gasteiger partial charge in [-0.05, 0) is 55.5 Å². The molecule has 0 saturated heterocycles. The lowest BCUT2D eigenvalue weighted by Crippen LogP contribution is -2.32. The molecule has 1 aliphatic carbocycles. The van der Waals surface area contributed by atoms with Gasteiger partial charge in [-0.2, -0.15) is 13.2 Å². The first-order valence-corrected chi connectivity index (χ1v) is 20.5. The highest BCUT2D eigenvalue weighted by Crippen LogP contribution is 2.42. The van der Waals surface area contributed by atoms with Crippen molar-refractivity contribution in [2.45, 2.75) is 53.2 Å². The number of aliphatic hydroxyl groups is 3. The molecular formula is C38H57F3N3O7S3+. The largest absolute Gasteiger partial charge is 0.491 e. The summed E-state index contributed by atoms with van der Waals surface area (Å²) in [5.74, 6) is 2.10. The van der Waals surface area contributed by atoms with Crippen molar-refractivity contribution in [1.82, 2.24) is 8.70 Å². The van der Waals surface area contributed by atoms with E-state index in [-0.39, 0.29) is 36.9 Å². The number of nitrogens with two attached hydrogens (primary N) is 1. The van der Waals surface area contributed by atoms with Gasteiger partial charge in [0.15, 0.2) is 11.7 Å². The van der Waals surface area contributed by atoms with E-state index in [2.05, 4.69) is 35.8 Å². The average molecular weight is 821 g/mol. The monoisotopic (exact) mass is 820 g/mol. The fourth-order valence-electron chi connectivity index (χ4n) is 4.73. The number of nitrogens with zero attached hydrogens (tertiary/aromatic N) is 1. The number of likely N-dealkylation sites (N-methyl/N-ethyl adjacent to an activating group) is 1. The highest BCUT2D eigenvalue weighted by atomic mass is 32.2. The van der Waals surface area contributed by atoms with E-state index in [9.17, 15) is 28.2 Å². The van der Waals surface area contributed by atoms with Crippen molar-refractivity contribution in [2.24, 2.45) is 5.73 Å². The molecule has 16 heteroatoms. The third kappa shape index (κ3) is 19.2. The number of benzene rings is 3. The van der Waals surface area contributed by atoms with Crippen LogP contribution in [0.15, 0.2) is 65.1 Å². The van der Waals surface area contributed by atoms with Crippen LogP contribution in [0.2, 0.25) is 0 Å². The molecule has 10 nitrogen and oxygen atoms in total. The Bertz CT molecular complexity index is 1640. The van der Waals surface area contributed by atoms with Crippen LogP contribution in [0.25, 0.3) is 33.4 Å². The van der Waals surface area contributed by atoms with E-state index in [1.807, 2.05) is 61.3 Å². The summed E-state index contributed by atoms with van der Waals surface area (Å²) in [6, 6.07) is 20.1. The third-order valence-corrected chi connectivity index (χ3v) is 8.81. The van der Waals surface area contributed by atoms with Crippen LogP contribution in [-0.4, -0.2) is 91.1 Å². The summed E-state index contributed by atoms with van der Waals surface area (Å²) in [5.41, 5.74) is 5.49. The van der Waals surface area contributed by atoms with Gasteiger partial charge in [0, 0.05) is 67.0 Å². The Morgan fingerprint density at radius 1 is 0.981 bits per heavy atom. The maximum Gasteiger partial charge on any atom is 0.456 e. The fraction of sp³-hybridized carbons (Fsp3) is 0.474. The number of thioether (sulfide) groups is 1. The zero-order valence-electron chi connectivity index (χ0n) is 32.2. The molecule has 0 saturated carbocycles. The quantitative estimate of drug-likeness (QED) is 0.0358. The molecule has 0 fully saturated rings. The van der Waals surface area contributed by atoms with E-state index in [0.29, 0.717) is 31.1 Å². The van der Waals surface area contributed by atoms with Crippen molar-refractivity contribution < 1.29 is 47.2 Å². The van der Waals surface area contributed by atoms with Crippen LogP contribution in [-0.2, 0) is 16.1 Å². The first-order chi connectivity index (χ1) is 26.0. The Morgan fingerprint density at radius 2 is 1.67 bits per heavy atom. The molecule has 4 rings (SSSR count). The normalized spacial score (nSPS) is 11.1. The van der Waals surface area contributed by atoms with Crippen LogP contribution in [0, 0.1) is 0 Å². The summed E-state index contributed by atoms with van der Waals surface area (Å²) in [4.78, 5) is 11.2. The molecule has 2 aromatic carbocycles. The van der Waals surface area contributed by atoms with E-state index in [1.54, 1.807) is 6.92 Å². The van der Waals surface area contributed by atoms with Gasteiger partial charge in [-0.3, -0.25) is 4.79 Å². The van der Waals surface area contributed by atoms with Gasteiger partial charge < -0.3 is 34.9 Å². The molecule has 1 aliphatic heterocycles. The minimum absolute atomic E-state index is 0.0678. The molecule has 0 radical (unpaired) electrons. The molecule has 0 atom stereocenters. The Kier molecular flexibility index (Phi) is 28.8. The number of hydrogen-bond acceptors (Lipinski definition) is 12. The Morgan fingerprint density at radius 3 is 2.24 bits per heavy atom. The van der Waals surface area contributed by atoms with Gasteiger partial charge in [0.05, 0.1) is 19.3 Å². The Labute approximate surface area is 330 Å². The summed E-state index contributed by atoms with van der Waals surface area (Å²) < 4.78 is 55.6. The number of fused-ring (bicyclic) bond motifs is 2. The number of rotatable bonds is 15. The molecule has 0 bridgehead atoms. The van der Waals surface area contributed by atoms with Crippen LogP contribution in [0.4, 0.5) is 13.2 Å². The Balaban J connectivity index is 0.00000161. The second kappa shape index (κ2) is 30.4. The van der Waals surface area contributed by atoms with Gasteiger partial charge in [-0.25, -0.2) is 8.70 Å². The van der Waals surface area contributed by atoms with Crippen LogP contribution in [0.5, 0.6) is 5.75 Å². The smallest absolute Gasteiger partial charge is 0.456 e. The number of carbonyl (C=O) groups is 1. The summed E-state index contributed by atoms with van der Waals surface area (Å²) in [6.45, 7) is 12.8. The SMILES string of the molecule is CC.CCN.CC[N+](CCO)=c1ccc2c(-c3ccccc3COCCCSC(C)=O)c3ccc(OCCO)cc3oc-2c1.CO.CSNSC(F)(F)F. The highest BCUT2D eigenvalue weighted by molar-refractivity contribution is 8.13. The van der Waals surface area contributed by atoms with Gasteiger partial charge in [-0.15, -0.1) is 0 Å². The van der Waals surface area contributed by atoms with Gasteiger partial charge in [0.1, 0.15) is 36.9 Å². The average Bonchev–Trinajstić information content (AvgIpc) is 3.17. The van der Waals surface area contributed by atoms with Crippen molar-refractivity contribution in [3.63, 3.8) is 0 Å². The van der Waals surface area contributed by atoms with E-state index in [1.165, 1.54) is 18.0 Å². The van der Waals surface area contributed by atoms with Crippen molar-refractivity contribution in [2.75, 3.05) is 65.2 Å². The molecule has 54 heavy (non-hydrogen) atoms. The highest BCUT2D eigenvalue weighted by Gasteiger charge is 2.28. The fourth-order valence-corrected chi connectivity index (χ4v) is 5.99. The number of carbonyl (C=O) groups excluding carboxylic acids is 1. The molecule has 6 N–H and O–H groups in total. The van der Waals surface area contributed by atoms with E-state index in [4.69, 9.17) is 24.7 Å². The molecule has 0 amide bonds. The number of halogens is 3. The standard InChI is InChI=1S/C31H36NO6S.C2H4F3NS2.C2H7N.C2H6.CH4O/c1-3-32(13-14-33)24-9-11-27-29(19-24)38-30-20-25(37-17-15-34)10-12-28(30)31(27)26-8-5-4-7-23(26)21-36-16-6-18-39-22(2)35;1-7-6-8-2(3,4)5;1-2-3;2*1-2/h4-5,7-12,19-20,33-34H,3,6,13-18,21H2,1-2H3;6H,1H3;2-3H2,1H3;1-2H3;2H,1H3/q+1;;;;. The second-order valence-corrected chi connectivity index (χ2v) is 13.4. The molecular weight excluding hydrogens is 764 g/mol. The number of nitrogens with one attached hydrogen (secondary N) is 1. The minimum Gasteiger partial charge on any atom is -0.491 e. The van der Waals surface area contributed by atoms with Crippen LogP contribution < -0.4 is 24.5 Å². The minimum atomic E-state index is -4.16. The first-order valence-electron chi connectivity index (χ1n) is 17.4. The number of ether oxygens (including phenoxy) is 2. The van der Waals surface area contributed by atoms with Gasteiger partial charge >= 0.3 is 5.51 Å². The predicted octanol–water partition coefficient (Wildman–Crippen LogP) is 7.17. The van der Waals surface area contributed by atoms with E-state index >= 15 is 0 Å². The lowest BCUT2D eigenvalue weighted by Gasteiger charge is -2.18. The third-order valence-electron chi connectivity index (χ3n) is 6.68. The second-order valence-electron chi connectivity index (χ2n) is 10.3. The predicted molar refractivity (Wildman–Crippen MR) is 221 cm³/mol. The lowest BCUT2D eigenvalue weighted by atomic mass is 9.91. The molecule has 0 unspecified atom stereocenters. The summed E-state index contributed by atoms with van der Waals surface area (Å²) in [5, 5.41) is 27.8. The van der Waals surface area contributed by atoms with E-state index in [0.717, 1.165) is 83.1 Å². The summed E-state index contributed by atoms with van der Waals surface area (Å²) in [7, 11) is 1.00. The molecule has 2 aliphatic rings. The van der Waals surface area contributed by atoms with E-state index < -0.39 is 5.51 Å². The summed E-state index contributed by atoms with van der Waals surface area (Å²) in [6.07, 6.45) is 2.34. The van der Waals surface area contributed by atoms with Crippen molar-refractivity contribution in [3.05, 3.63) is 71.6 Å². The molecule has 2 aromatic rings. The summed E-state index contributed by atoms with van der Waals surface area (Å²) >= 11 is 1.99. The van der Waals surface area contributed by atoms with Crippen LogP contribution in [0.3, 0.4) is 0 Å². The molecule has 0 spiro atoms. The Hall–Kier alpha value is -2.80. The van der Waals surface area contributed by atoms with Crippen molar-refractivity contribution in [1.29, 1.82) is 0 Å². The van der Waals surface area contributed by atoms with Crippen LogP contribution >= 0.6 is 35.7 Å². The molecule has 1 heterocycles. The first kappa shape index (κ1) is 51.2. The van der Waals surface area contributed by atoms with Gasteiger partial charge in [-0.1, -0.05) is 68.7 Å². The number of alkyl halides is 3.